The van der Waals surface area contributed by atoms with Crippen molar-refractivity contribution in [3.05, 3.63) is 18.3 Å². The average molecular weight is 313 g/mol. The lowest BCUT2D eigenvalue weighted by Crippen LogP contribution is -2.41. The van der Waals surface area contributed by atoms with Gasteiger partial charge in [0.2, 0.25) is 10.0 Å². The van der Waals surface area contributed by atoms with E-state index in [-0.39, 0.29) is 17.0 Å². The summed E-state index contributed by atoms with van der Waals surface area (Å²) < 4.78 is 33.3. The minimum Gasteiger partial charge on any atom is -0.378 e. The highest BCUT2D eigenvalue weighted by Crippen LogP contribution is 2.21. The van der Waals surface area contributed by atoms with Crippen molar-refractivity contribution in [2.75, 3.05) is 18.5 Å². The Morgan fingerprint density at radius 2 is 2.29 bits per heavy atom. The van der Waals surface area contributed by atoms with Crippen molar-refractivity contribution in [2.45, 2.75) is 50.2 Å². The van der Waals surface area contributed by atoms with Crippen molar-refractivity contribution < 1.29 is 13.2 Å². The lowest BCUT2D eigenvalue weighted by atomic mass is 10.1. The van der Waals surface area contributed by atoms with Crippen LogP contribution in [0.15, 0.2) is 23.2 Å². The van der Waals surface area contributed by atoms with E-state index < -0.39 is 10.0 Å². The van der Waals surface area contributed by atoms with Gasteiger partial charge in [0.05, 0.1) is 6.10 Å². The van der Waals surface area contributed by atoms with Crippen molar-refractivity contribution in [1.82, 2.24) is 9.71 Å². The molecule has 0 amide bonds. The van der Waals surface area contributed by atoms with Crippen LogP contribution in [-0.2, 0) is 14.8 Å². The van der Waals surface area contributed by atoms with E-state index in [0.29, 0.717) is 31.8 Å². The van der Waals surface area contributed by atoms with Gasteiger partial charge in [-0.3, -0.25) is 0 Å². The highest BCUT2D eigenvalue weighted by molar-refractivity contribution is 7.89. The van der Waals surface area contributed by atoms with Crippen LogP contribution in [0.3, 0.4) is 0 Å². The quantitative estimate of drug-likeness (QED) is 0.836. The normalized spacial score (nSPS) is 23.0. The maximum Gasteiger partial charge on any atom is 0.244 e. The molecule has 1 aromatic rings. The second-order valence-electron chi connectivity index (χ2n) is 5.30. The Kier molecular flexibility index (Phi) is 5.55. The second kappa shape index (κ2) is 7.20. The van der Waals surface area contributed by atoms with Gasteiger partial charge in [-0.15, -0.1) is 0 Å². The lowest BCUT2D eigenvalue weighted by molar-refractivity contribution is 0.0173. The van der Waals surface area contributed by atoms with Gasteiger partial charge in [-0.05, 0) is 38.3 Å². The van der Waals surface area contributed by atoms with Crippen molar-refractivity contribution in [1.29, 1.82) is 0 Å². The fraction of sp³-hybridized carbons (Fsp3) is 0.643. The topological polar surface area (TPSA) is 80.3 Å². The third kappa shape index (κ3) is 4.39. The summed E-state index contributed by atoms with van der Waals surface area (Å²) in [4.78, 5) is 4.34. The molecule has 21 heavy (non-hydrogen) atoms. The number of nitrogens with zero attached hydrogens (tertiary/aromatic N) is 1. The number of nitrogens with one attached hydrogen (secondary N) is 2. The van der Waals surface area contributed by atoms with Gasteiger partial charge in [-0.1, -0.05) is 6.92 Å². The first-order valence-corrected chi connectivity index (χ1v) is 8.84. The summed E-state index contributed by atoms with van der Waals surface area (Å²) in [5, 5.41) is 3.06. The van der Waals surface area contributed by atoms with Gasteiger partial charge in [-0.2, -0.15) is 0 Å². The molecule has 2 unspecified atom stereocenters. The average Bonchev–Trinajstić information content (AvgIpc) is 2.45. The molecule has 1 saturated heterocycles. The van der Waals surface area contributed by atoms with Crippen LogP contribution in [0.25, 0.3) is 0 Å². The van der Waals surface area contributed by atoms with Crippen molar-refractivity contribution in [2.24, 2.45) is 0 Å². The van der Waals surface area contributed by atoms with Gasteiger partial charge in [-0.25, -0.2) is 18.1 Å². The molecule has 1 aliphatic rings. The van der Waals surface area contributed by atoms with E-state index in [1.165, 1.54) is 0 Å². The van der Waals surface area contributed by atoms with E-state index in [2.05, 4.69) is 15.0 Å². The van der Waals surface area contributed by atoms with E-state index in [1.54, 1.807) is 18.3 Å². The first-order valence-electron chi connectivity index (χ1n) is 7.35. The fourth-order valence-electron chi connectivity index (χ4n) is 2.37. The molecule has 0 radical (unpaired) electrons. The first-order chi connectivity index (χ1) is 10.0. The van der Waals surface area contributed by atoms with E-state index in [1.807, 2.05) is 13.8 Å². The number of pyridine rings is 1. The zero-order valence-corrected chi connectivity index (χ0v) is 13.3. The third-order valence-electron chi connectivity index (χ3n) is 3.41. The highest BCUT2D eigenvalue weighted by Gasteiger charge is 2.26. The molecule has 1 fully saturated rings. The van der Waals surface area contributed by atoms with E-state index >= 15 is 0 Å². The molecule has 2 N–H and O–H groups in total. The largest absolute Gasteiger partial charge is 0.378 e. The molecule has 0 aromatic carbocycles. The van der Waals surface area contributed by atoms with Crippen LogP contribution in [0.1, 0.15) is 33.1 Å². The van der Waals surface area contributed by atoms with Gasteiger partial charge in [0.25, 0.3) is 0 Å². The van der Waals surface area contributed by atoms with Gasteiger partial charge in [0.15, 0.2) is 0 Å². The minimum absolute atomic E-state index is 0.0815. The second-order valence-corrected chi connectivity index (χ2v) is 6.98. The molecule has 2 rings (SSSR count). The molecule has 6 nitrogen and oxygen atoms in total. The van der Waals surface area contributed by atoms with Crippen LogP contribution in [0.5, 0.6) is 0 Å². The third-order valence-corrected chi connectivity index (χ3v) is 4.96. The molecule has 1 aromatic heterocycles. The summed E-state index contributed by atoms with van der Waals surface area (Å²) in [5.41, 5.74) is 0. The summed E-state index contributed by atoms with van der Waals surface area (Å²) in [7, 11) is -3.57. The number of rotatable bonds is 6. The standard InChI is InChI=1S/C14H23N3O3S/c1-3-7-15-14-13(5-4-8-16-14)21(18,19)17-12-6-9-20-11(2)10-12/h4-5,8,11-12,17H,3,6-7,9-10H2,1-2H3,(H,15,16). The summed E-state index contributed by atoms with van der Waals surface area (Å²) in [5.74, 6) is 0.409. The molecule has 2 heterocycles. The molecule has 0 aliphatic carbocycles. The summed E-state index contributed by atoms with van der Waals surface area (Å²) >= 11 is 0. The Hall–Kier alpha value is -1.18. The van der Waals surface area contributed by atoms with Gasteiger partial charge in [0, 0.05) is 25.4 Å². The van der Waals surface area contributed by atoms with Crippen LogP contribution in [-0.4, -0.2) is 38.7 Å². The predicted molar refractivity (Wildman–Crippen MR) is 81.8 cm³/mol. The summed E-state index contributed by atoms with van der Waals surface area (Å²) in [6.45, 7) is 5.25. The molecule has 0 spiro atoms. The Balaban J connectivity index is 2.15. The molecule has 118 valence electrons. The molecule has 0 bridgehead atoms. The van der Waals surface area contributed by atoms with Crippen LogP contribution >= 0.6 is 0 Å². The molecule has 7 heteroatoms. The number of aromatic nitrogens is 1. The maximum absolute atomic E-state index is 12.6. The zero-order valence-electron chi connectivity index (χ0n) is 12.5. The molecule has 2 atom stereocenters. The number of sulfonamides is 1. The van der Waals surface area contributed by atoms with Crippen LogP contribution in [0, 0.1) is 0 Å². The monoisotopic (exact) mass is 313 g/mol. The first kappa shape index (κ1) is 16.2. The summed E-state index contributed by atoms with van der Waals surface area (Å²) in [6, 6.07) is 3.13. The highest BCUT2D eigenvalue weighted by atomic mass is 32.2. The Morgan fingerprint density at radius 1 is 1.48 bits per heavy atom. The van der Waals surface area contributed by atoms with E-state index in [4.69, 9.17) is 4.74 Å². The van der Waals surface area contributed by atoms with E-state index in [9.17, 15) is 8.42 Å². The molecule has 0 saturated carbocycles. The Bertz CT molecular complexity index is 562. The zero-order chi connectivity index (χ0) is 15.3. The van der Waals surface area contributed by atoms with Crippen LogP contribution in [0.2, 0.25) is 0 Å². The SMILES string of the molecule is CCCNc1ncccc1S(=O)(=O)NC1CCOC(C)C1. The van der Waals surface area contributed by atoms with Gasteiger partial charge >= 0.3 is 0 Å². The fourth-order valence-corrected chi connectivity index (χ4v) is 3.79. The number of hydrogen-bond donors (Lipinski definition) is 2. The predicted octanol–water partition coefficient (Wildman–Crippen LogP) is 1.75. The van der Waals surface area contributed by atoms with Crippen molar-refractivity contribution in [3.8, 4) is 0 Å². The lowest BCUT2D eigenvalue weighted by Gasteiger charge is -2.27. The Labute approximate surface area is 126 Å². The van der Waals surface area contributed by atoms with Gasteiger partial charge in [0.1, 0.15) is 10.7 Å². The number of ether oxygens (including phenoxy) is 1. The maximum atomic E-state index is 12.6. The van der Waals surface area contributed by atoms with Crippen LogP contribution in [0.4, 0.5) is 5.82 Å². The molecule has 1 aliphatic heterocycles. The van der Waals surface area contributed by atoms with Crippen molar-refractivity contribution >= 4 is 15.8 Å². The van der Waals surface area contributed by atoms with Crippen LogP contribution < -0.4 is 10.0 Å². The minimum atomic E-state index is -3.57. The van der Waals surface area contributed by atoms with Crippen molar-refractivity contribution in [3.63, 3.8) is 0 Å². The number of anilines is 1. The van der Waals surface area contributed by atoms with E-state index in [0.717, 1.165) is 6.42 Å². The molecular formula is C14H23N3O3S. The smallest absolute Gasteiger partial charge is 0.244 e. The number of hydrogen-bond acceptors (Lipinski definition) is 5. The Morgan fingerprint density at radius 3 is 3.00 bits per heavy atom. The summed E-state index contributed by atoms with van der Waals surface area (Å²) in [6.07, 6.45) is 3.96. The van der Waals surface area contributed by atoms with Gasteiger partial charge < -0.3 is 10.1 Å². The molecular weight excluding hydrogens is 290 g/mol.